The molecular weight excluding hydrogens is 474 g/mol. The monoisotopic (exact) mass is 501 g/mol. The average Bonchev–Trinajstić information content (AvgIpc) is 3.41. The minimum atomic E-state index is -0.371. The van der Waals surface area contributed by atoms with E-state index in [4.69, 9.17) is 16.3 Å². The number of ether oxygens (including phenoxy) is 1. The molecule has 1 aromatic heterocycles. The summed E-state index contributed by atoms with van der Waals surface area (Å²) in [5, 5.41) is 11.8. The van der Waals surface area contributed by atoms with Gasteiger partial charge in [-0.25, -0.2) is 5.43 Å². The first-order valence-corrected chi connectivity index (χ1v) is 12.2. The third-order valence-electron chi connectivity index (χ3n) is 5.73. The largest absolute Gasteiger partial charge is 0.489 e. The highest BCUT2D eigenvalue weighted by Gasteiger charge is 2.11. The summed E-state index contributed by atoms with van der Waals surface area (Å²) in [6, 6.07) is 24.8. The van der Waals surface area contributed by atoms with Crippen LogP contribution in [0, 0.1) is 0 Å². The Balaban J connectivity index is 1.31. The summed E-state index contributed by atoms with van der Waals surface area (Å²) in [6.07, 6.45) is 1.61. The Morgan fingerprint density at radius 1 is 1.06 bits per heavy atom. The molecule has 36 heavy (non-hydrogen) atoms. The van der Waals surface area contributed by atoms with Gasteiger partial charge in [-0.15, -0.1) is 0 Å². The van der Waals surface area contributed by atoms with Crippen molar-refractivity contribution in [3.05, 3.63) is 101 Å². The number of rotatable bonds is 10. The Morgan fingerprint density at radius 3 is 2.47 bits per heavy atom. The zero-order valence-corrected chi connectivity index (χ0v) is 21.0. The van der Waals surface area contributed by atoms with E-state index in [0.29, 0.717) is 28.8 Å². The fourth-order valence-electron chi connectivity index (χ4n) is 3.67. The summed E-state index contributed by atoms with van der Waals surface area (Å²) in [5.41, 5.74) is 7.33. The molecule has 4 rings (SSSR count). The number of carbonyl (C=O) groups is 1. The lowest BCUT2D eigenvalue weighted by atomic mass is 10.1. The van der Waals surface area contributed by atoms with E-state index in [2.05, 4.69) is 39.5 Å². The van der Waals surface area contributed by atoms with Crippen molar-refractivity contribution in [2.75, 3.05) is 18.0 Å². The van der Waals surface area contributed by atoms with Crippen molar-refractivity contribution in [1.82, 2.24) is 15.6 Å². The smallest absolute Gasteiger partial charge is 0.289 e. The number of hydrazone groups is 1. The predicted molar refractivity (Wildman–Crippen MR) is 145 cm³/mol. The molecule has 0 saturated heterocycles. The molecule has 1 heterocycles. The van der Waals surface area contributed by atoms with E-state index in [0.717, 1.165) is 35.5 Å². The molecule has 0 aliphatic heterocycles. The standard InChI is InChI=1S/C28H28ClN5O2/c1-3-34(4-2)23-13-9-20(10-14-23)18-30-33-28(35)27-17-26(31-32-27)21-11-15-24(16-12-21)36-19-22-7-5-6-8-25(22)29/h5-18H,3-4,19H2,1-2H3,(H,31,32)(H,33,35)/b30-18-. The van der Waals surface area contributed by atoms with Gasteiger partial charge in [0.2, 0.25) is 0 Å². The number of hydrogen-bond donors (Lipinski definition) is 2. The molecule has 3 aromatic carbocycles. The van der Waals surface area contributed by atoms with Gasteiger partial charge in [0.1, 0.15) is 18.1 Å². The lowest BCUT2D eigenvalue weighted by molar-refractivity contribution is 0.0950. The van der Waals surface area contributed by atoms with Crippen LogP contribution in [-0.2, 0) is 6.61 Å². The quantitative estimate of drug-likeness (QED) is 0.209. The van der Waals surface area contributed by atoms with Crippen LogP contribution in [0.5, 0.6) is 5.75 Å². The highest BCUT2D eigenvalue weighted by Crippen LogP contribution is 2.23. The Morgan fingerprint density at radius 2 is 1.78 bits per heavy atom. The van der Waals surface area contributed by atoms with Crippen LogP contribution in [0.1, 0.15) is 35.5 Å². The number of anilines is 1. The molecule has 7 nitrogen and oxygen atoms in total. The molecule has 0 fully saturated rings. The molecule has 2 N–H and O–H groups in total. The fraction of sp³-hybridized carbons (Fsp3) is 0.179. The normalized spacial score (nSPS) is 11.0. The summed E-state index contributed by atoms with van der Waals surface area (Å²) in [4.78, 5) is 14.7. The summed E-state index contributed by atoms with van der Waals surface area (Å²) in [7, 11) is 0. The van der Waals surface area contributed by atoms with E-state index in [-0.39, 0.29) is 5.91 Å². The summed E-state index contributed by atoms with van der Waals surface area (Å²) in [6.45, 7) is 6.54. The van der Waals surface area contributed by atoms with Gasteiger partial charge in [0.15, 0.2) is 0 Å². The van der Waals surface area contributed by atoms with Crippen LogP contribution in [0.4, 0.5) is 5.69 Å². The Bertz CT molecular complexity index is 1310. The molecule has 0 aliphatic carbocycles. The number of nitrogens with one attached hydrogen (secondary N) is 2. The van der Waals surface area contributed by atoms with Crippen LogP contribution >= 0.6 is 11.6 Å². The van der Waals surface area contributed by atoms with Crippen molar-refractivity contribution in [2.24, 2.45) is 5.10 Å². The molecular formula is C28H28ClN5O2. The van der Waals surface area contributed by atoms with E-state index in [1.165, 1.54) is 0 Å². The number of aromatic nitrogens is 2. The van der Waals surface area contributed by atoms with Gasteiger partial charge in [-0.3, -0.25) is 9.89 Å². The van der Waals surface area contributed by atoms with Gasteiger partial charge in [-0.05, 0) is 67.9 Å². The first kappa shape index (κ1) is 25.0. The average molecular weight is 502 g/mol. The first-order valence-electron chi connectivity index (χ1n) is 11.8. The number of nitrogens with zero attached hydrogens (tertiary/aromatic N) is 3. The second kappa shape index (κ2) is 12.0. The number of benzene rings is 3. The third-order valence-corrected chi connectivity index (χ3v) is 6.09. The van der Waals surface area contributed by atoms with Crippen LogP contribution in [0.2, 0.25) is 5.02 Å². The van der Waals surface area contributed by atoms with Crippen molar-refractivity contribution >= 4 is 29.4 Å². The van der Waals surface area contributed by atoms with Gasteiger partial charge >= 0.3 is 0 Å². The number of halogens is 1. The van der Waals surface area contributed by atoms with Crippen molar-refractivity contribution in [2.45, 2.75) is 20.5 Å². The Labute approximate surface area is 215 Å². The first-order chi connectivity index (χ1) is 17.6. The van der Waals surface area contributed by atoms with Crippen LogP contribution in [0.15, 0.2) is 84.0 Å². The Hall–Kier alpha value is -4.10. The van der Waals surface area contributed by atoms with E-state index < -0.39 is 0 Å². The maximum Gasteiger partial charge on any atom is 0.289 e. The van der Waals surface area contributed by atoms with Crippen LogP contribution < -0.4 is 15.1 Å². The number of carbonyl (C=O) groups excluding carboxylic acids is 1. The predicted octanol–water partition coefficient (Wildman–Crippen LogP) is 5.92. The van der Waals surface area contributed by atoms with Gasteiger partial charge in [0, 0.05) is 34.9 Å². The summed E-state index contributed by atoms with van der Waals surface area (Å²) in [5.74, 6) is 0.344. The number of aromatic amines is 1. The van der Waals surface area contributed by atoms with Gasteiger partial charge in [0.25, 0.3) is 5.91 Å². The molecule has 0 saturated carbocycles. The zero-order valence-electron chi connectivity index (χ0n) is 20.2. The SMILES string of the molecule is CCN(CC)c1ccc(/C=N\NC(=O)c2cc(-c3ccc(OCc4ccccc4Cl)cc3)n[nH]2)cc1. The second-order valence-corrected chi connectivity index (χ2v) is 8.44. The van der Waals surface area contributed by atoms with Gasteiger partial charge in [-0.2, -0.15) is 10.2 Å². The summed E-state index contributed by atoms with van der Waals surface area (Å²) >= 11 is 6.18. The molecule has 8 heteroatoms. The van der Waals surface area contributed by atoms with Crippen LogP contribution in [-0.4, -0.2) is 35.4 Å². The molecule has 0 atom stereocenters. The number of hydrogen-bond acceptors (Lipinski definition) is 5. The van der Waals surface area contributed by atoms with E-state index in [1.54, 1.807) is 12.3 Å². The molecule has 1 amide bonds. The molecule has 4 aromatic rings. The van der Waals surface area contributed by atoms with E-state index in [1.807, 2.05) is 72.8 Å². The highest BCUT2D eigenvalue weighted by molar-refractivity contribution is 6.31. The number of amides is 1. The molecule has 0 radical (unpaired) electrons. The Kier molecular flexibility index (Phi) is 8.36. The topological polar surface area (TPSA) is 82.6 Å². The van der Waals surface area contributed by atoms with Gasteiger partial charge in [-0.1, -0.05) is 41.9 Å². The number of H-pyrrole nitrogens is 1. The van der Waals surface area contributed by atoms with Gasteiger partial charge in [0.05, 0.1) is 11.9 Å². The molecule has 0 bridgehead atoms. The van der Waals surface area contributed by atoms with Crippen LogP contribution in [0.3, 0.4) is 0 Å². The molecule has 0 aliphatic rings. The maximum absolute atomic E-state index is 12.5. The van der Waals surface area contributed by atoms with Crippen LogP contribution in [0.25, 0.3) is 11.3 Å². The van der Waals surface area contributed by atoms with E-state index >= 15 is 0 Å². The minimum absolute atomic E-state index is 0.318. The molecule has 184 valence electrons. The van der Waals surface area contributed by atoms with Crippen molar-refractivity contribution in [3.8, 4) is 17.0 Å². The van der Waals surface area contributed by atoms with Crippen molar-refractivity contribution in [3.63, 3.8) is 0 Å². The van der Waals surface area contributed by atoms with Crippen molar-refractivity contribution in [1.29, 1.82) is 0 Å². The second-order valence-electron chi connectivity index (χ2n) is 8.03. The molecule has 0 unspecified atom stereocenters. The molecule has 0 spiro atoms. The summed E-state index contributed by atoms with van der Waals surface area (Å²) < 4.78 is 5.82. The van der Waals surface area contributed by atoms with E-state index in [9.17, 15) is 4.79 Å². The highest BCUT2D eigenvalue weighted by atomic mass is 35.5. The lowest BCUT2D eigenvalue weighted by Gasteiger charge is -2.20. The maximum atomic E-state index is 12.5. The zero-order chi connectivity index (χ0) is 25.3. The third kappa shape index (κ3) is 6.31. The van der Waals surface area contributed by atoms with Gasteiger partial charge < -0.3 is 9.64 Å². The van der Waals surface area contributed by atoms with Crippen molar-refractivity contribution < 1.29 is 9.53 Å². The fourth-order valence-corrected chi connectivity index (χ4v) is 3.86. The lowest BCUT2D eigenvalue weighted by Crippen LogP contribution is -2.21. The minimum Gasteiger partial charge on any atom is -0.489 e.